The molecule has 0 aliphatic rings. The minimum atomic E-state index is -1.31. The van der Waals surface area contributed by atoms with Crippen LogP contribution < -0.4 is 4.65 Å². The van der Waals surface area contributed by atoms with E-state index in [2.05, 4.69) is 0 Å². The fourth-order valence-electron chi connectivity index (χ4n) is 0.952. The van der Waals surface area contributed by atoms with Crippen LogP contribution in [-0.2, 0) is 4.65 Å². The Morgan fingerprint density at radius 1 is 1.40 bits per heavy atom. The summed E-state index contributed by atoms with van der Waals surface area (Å²) in [5.74, 6) is 0.0203. The van der Waals surface area contributed by atoms with E-state index in [1.54, 1.807) is 0 Å². The van der Waals surface area contributed by atoms with Crippen molar-refractivity contribution in [1.29, 1.82) is 0 Å². The second-order valence-corrected chi connectivity index (χ2v) is 3.23. The summed E-state index contributed by atoms with van der Waals surface area (Å²) < 4.78 is 22.6. The monoisotopic (exact) mass is 212 g/mol. The van der Waals surface area contributed by atoms with Gasteiger partial charge in [0.05, 0.1) is 0 Å². The van der Waals surface area contributed by atoms with Gasteiger partial charge in [-0.3, -0.25) is 0 Å². The molecule has 5 heteroatoms. The van der Waals surface area contributed by atoms with Gasteiger partial charge in [-0.25, -0.2) is 4.39 Å². The van der Waals surface area contributed by atoms with E-state index in [1.807, 2.05) is 13.8 Å². The normalized spacial score (nSPS) is 12.3. The zero-order chi connectivity index (χ0) is 11.3. The molecule has 82 valence electrons. The van der Waals surface area contributed by atoms with Crippen molar-refractivity contribution in [1.82, 2.24) is 0 Å². The van der Waals surface area contributed by atoms with Gasteiger partial charge in [-0.1, -0.05) is 6.92 Å². The smallest absolute Gasteiger partial charge is 0.512 e. The highest BCUT2D eigenvalue weighted by Gasteiger charge is 2.20. The molecule has 1 unspecified atom stereocenters. The van der Waals surface area contributed by atoms with Gasteiger partial charge < -0.3 is 14.3 Å². The van der Waals surface area contributed by atoms with Crippen molar-refractivity contribution in [2.24, 2.45) is 0 Å². The molecule has 1 N–H and O–H groups in total. The first kappa shape index (κ1) is 12.0. The van der Waals surface area contributed by atoms with Gasteiger partial charge in [0, 0.05) is 6.10 Å². The Balaban J connectivity index is 2.44. The van der Waals surface area contributed by atoms with Crippen LogP contribution in [0.25, 0.3) is 0 Å². The van der Waals surface area contributed by atoms with Gasteiger partial charge in [0.2, 0.25) is 0 Å². The Morgan fingerprint density at radius 3 is 2.53 bits per heavy atom. The lowest BCUT2D eigenvalue weighted by Crippen LogP contribution is -2.30. The predicted octanol–water partition coefficient (Wildman–Crippen LogP) is 2.00. The van der Waals surface area contributed by atoms with Crippen molar-refractivity contribution < 1.29 is 18.7 Å². The second-order valence-electron chi connectivity index (χ2n) is 3.23. The summed E-state index contributed by atoms with van der Waals surface area (Å²) in [6, 6.07) is 5.37. The van der Waals surface area contributed by atoms with E-state index < -0.39 is 7.32 Å². The maximum Gasteiger partial charge on any atom is 0.710 e. The van der Waals surface area contributed by atoms with E-state index >= 15 is 0 Å². The second kappa shape index (κ2) is 5.73. The highest BCUT2D eigenvalue weighted by Crippen LogP contribution is 2.12. The molecule has 0 saturated carbocycles. The molecule has 1 atom stereocenters. The largest absolute Gasteiger partial charge is 0.710 e. The quantitative estimate of drug-likeness (QED) is 0.758. The molecule has 15 heavy (non-hydrogen) atoms. The van der Waals surface area contributed by atoms with Gasteiger partial charge in [0.1, 0.15) is 11.6 Å². The van der Waals surface area contributed by atoms with E-state index in [4.69, 9.17) is 9.31 Å². The molecular weight excluding hydrogens is 198 g/mol. The molecule has 0 amide bonds. The van der Waals surface area contributed by atoms with E-state index in [1.165, 1.54) is 24.3 Å². The molecule has 1 aromatic rings. The van der Waals surface area contributed by atoms with Crippen molar-refractivity contribution in [3.8, 4) is 5.75 Å². The Bertz CT molecular complexity index is 291. The van der Waals surface area contributed by atoms with Gasteiger partial charge in [-0.2, -0.15) is 0 Å². The highest BCUT2D eigenvalue weighted by molar-refractivity contribution is 6.35. The fourth-order valence-corrected chi connectivity index (χ4v) is 0.952. The lowest BCUT2D eigenvalue weighted by atomic mass is 10.2. The lowest BCUT2D eigenvalue weighted by molar-refractivity contribution is 0.133. The van der Waals surface area contributed by atoms with Crippen LogP contribution in [0.4, 0.5) is 4.39 Å². The highest BCUT2D eigenvalue weighted by atomic mass is 19.1. The van der Waals surface area contributed by atoms with Crippen LogP contribution in [0.5, 0.6) is 5.75 Å². The molecule has 0 aliphatic heterocycles. The zero-order valence-electron chi connectivity index (χ0n) is 8.81. The molecule has 0 radical (unpaired) electrons. The third-order valence-corrected chi connectivity index (χ3v) is 1.97. The number of hydrogen-bond acceptors (Lipinski definition) is 3. The van der Waals surface area contributed by atoms with Gasteiger partial charge in [-0.15, -0.1) is 0 Å². The summed E-state index contributed by atoms with van der Waals surface area (Å²) >= 11 is 0. The van der Waals surface area contributed by atoms with E-state index in [0.29, 0.717) is 5.75 Å². The first-order valence-corrected chi connectivity index (χ1v) is 4.87. The van der Waals surface area contributed by atoms with Crippen LogP contribution in [0.3, 0.4) is 0 Å². The number of rotatable bonds is 5. The Hall–Kier alpha value is -1.07. The lowest BCUT2D eigenvalue weighted by Gasteiger charge is -2.13. The van der Waals surface area contributed by atoms with Crippen LogP contribution >= 0.6 is 0 Å². The summed E-state index contributed by atoms with van der Waals surface area (Å²) in [6.45, 7) is 3.77. The van der Waals surface area contributed by atoms with Crippen molar-refractivity contribution in [2.45, 2.75) is 26.4 Å². The summed E-state index contributed by atoms with van der Waals surface area (Å²) in [7, 11) is -1.31. The molecule has 0 aliphatic carbocycles. The molecule has 1 aromatic carbocycles. The molecule has 0 aromatic heterocycles. The summed E-state index contributed by atoms with van der Waals surface area (Å²) in [5, 5.41) is 9.34. The maximum absolute atomic E-state index is 12.5. The molecular formula is C10H14BFO3. The van der Waals surface area contributed by atoms with Crippen LogP contribution in [0.1, 0.15) is 20.3 Å². The SMILES string of the molecule is CCC(C)OB(O)Oc1ccc(F)cc1. The topological polar surface area (TPSA) is 38.7 Å². The molecule has 1 rings (SSSR count). The summed E-state index contributed by atoms with van der Waals surface area (Å²) in [4.78, 5) is 0. The first-order chi connectivity index (χ1) is 7.11. The molecule has 0 bridgehead atoms. The number of benzene rings is 1. The van der Waals surface area contributed by atoms with Crippen LogP contribution in [0, 0.1) is 5.82 Å². The summed E-state index contributed by atoms with van der Waals surface area (Å²) in [6.07, 6.45) is 0.699. The predicted molar refractivity (Wildman–Crippen MR) is 55.8 cm³/mol. The first-order valence-electron chi connectivity index (χ1n) is 4.87. The van der Waals surface area contributed by atoms with Crippen molar-refractivity contribution in [3.05, 3.63) is 30.1 Å². The molecule has 0 fully saturated rings. The van der Waals surface area contributed by atoms with E-state index in [0.717, 1.165) is 6.42 Å². The van der Waals surface area contributed by atoms with Crippen LogP contribution in [-0.4, -0.2) is 18.4 Å². The average Bonchev–Trinajstić information content (AvgIpc) is 2.21. The van der Waals surface area contributed by atoms with E-state index in [-0.39, 0.29) is 11.9 Å². The Morgan fingerprint density at radius 2 is 2.00 bits per heavy atom. The average molecular weight is 212 g/mol. The summed E-state index contributed by atoms with van der Waals surface area (Å²) in [5.41, 5.74) is 0. The molecule has 0 saturated heterocycles. The van der Waals surface area contributed by atoms with Crippen molar-refractivity contribution in [2.75, 3.05) is 0 Å². The zero-order valence-corrected chi connectivity index (χ0v) is 8.81. The van der Waals surface area contributed by atoms with Gasteiger partial charge in [0.25, 0.3) is 0 Å². The van der Waals surface area contributed by atoms with Crippen molar-refractivity contribution in [3.63, 3.8) is 0 Å². The third kappa shape index (κ3) is 4.31. The standard InChI is InChI=1S/C10H14BFO3/c1-3-8(2)14-11(13)15-10-6-4-9(12)5-7-10/h4-8,13H,3H2,1-2H3. The molecule has 3 nitrogen and oxygen atoms in total. The Kier molecular flexibility index (Phi) is 4.58. The fraction of sp³-hybridized carbons (Fsp3) is 0.400. The van der Waals surface area contributed by atoms with Crippen LogP contribution in [0.2, 0.25) is 0 Å². The minimum absolute atomic E-state index is 0.0829. The maximum atomic E-state index is 12.5. The van der Waals surface area contributed by atoms with E-state index in [9.17, 15) is 9.41 Å². The minimum Gasteiger partial charge on any atom is -0.512 e. The van der Waals surface area contributed by atoms with Crippen LogP contribution in [0.15, 0.2) is 24.3 Å². The van der Waals surface area contributed by atoms with Gasteiger partial charge in [-0.05, 0) is 37.6 Å². The number of halogens is 1. The van der Waals surface area contributed by atoms with Gasteiger partial charge in [0.15, 0.2) is 0 Å². The Labute approximate surface area is 89.0 Å². The molecule has 0 spiro atoms. The van der Waals surface area contributed by atoms with Crippen molar-refractivity contribution >= 4 is 7.32 Å². The number of hydrogen-bond donors (Lipinski definition) is 1. The third-order valence-electron chi connectivity index (χ3n) is 1.97. The molecule has 0 heterocycles. The van der Waals surface area contributed by atoms with Gasteiger partial charge >= 0.3 is 7.32 Å².